The maximum atomic E-state index is 5.62. The van der Waals surface area contributed by atoms with Crippen molar-refractivity contribution in [3.8, 4) is 0 Å². The molecule has 0 amide bonds. The molecule has 1 saturated carbocycles. The van der Waals surface area contributed by atoms with Crippen LogP contribution in [0.4, 0.5) is 0 Å². The molecule has 1 aliphatic carbocycles. The third-order valence-corrected chi connectivity index (χ3v) is 3.83. The van der Waals surface area contributed by atoms with Crippen LogP contribution in [0.25, 0.3) is 0 Å². The predicted octanol–water partition coefficient (Wildman–Crippen LogP) is 2.11. The Morgan fingerprint density at radius 2 is 2.38 bits per heavy atom. The standard InChI is InChI=1S/C11H16O2/c1-8-10(3-2-4-13-8)11-5-9(11)6-12-7-11/h9H,2-7H2,1H3/t9-,11-/m0/s1. The first-order chi connectivity index (χ1) is 6.33. The fraction of sp³-hybridized carbons (Fsp3) is 0.818. The first-order valence-corrected chi connectivity index (χ1v) is 5.24. The van der Waals surface area contributed by atoms with E-state index in [1.54, 1.807) is 5.57 Å². The normalized spacial score (nSPS) is 43.0. The van der Waals surface area contributed by atoms with Gasteiger partial charge in [0, 0.05) is 5.41 Å². The van der Waals surface area contributed by atoms with Crippen molar-refractivity contribution in [2.24, 2.45) is 11.3 Å². The summed E-state index contributed by atoms with van der Waals surface area (Å²) in [5.41, 5.74) is 2.01. The van der Waals surface area contributed by atoms with Crippen molar-refractivity contribution in [2.45, 2.75) is 26.2 Å². The Morgan fingerprint density at radius 1 is 1.46 bits per heavy atom. The number of allylic oxidation sites excluding steroid dienone is 1. The minimum atomic E-state index is 0.435. The molecule has 2 fully saturated rings. The van der Waals surface area contributed by atoms with Crippen molar-refractivity contribution in [2.75, 3.05) is 19.8 Å². The SMILES string of the molecule is CC1=C([C@@]23COC[C@@H]2C3)CCCO1. The summed E-state index contributed by atoms with van der Waals surface area (Å²) in [6.07, 6.45) is 3.79. The predicted molar refractivity (Wildman–Crippen MR) is 49.2 cm³/mol. The van der Waals surface area contributed by atoms with E-state index in [0.29, 0.717) is 5.41 Å². The Labute approximate surface area is 78.9 Å². The van der Waals surface area contributed by atoms with Crippen LogP contribution in [0.15, 0.2) is 11.3 Å². The summed E-state index contributed by atoms with van der Waals surface area (Å²) in [6.45, 7) is 4.97. The summed E-state index contributed by atoms with van der Waals surface area (Å²) in [5, 5.41) is 0. The minimum Gasteiger partial charge on any atom is -0.498 e. The molecule has 3 rings (SSSR count). The van der Waals surface area contributed by atoms with E-state index in [-0.39, 0.29) is 0 Å². The molecule has 2 aliphatic heterocycles. The van der Waals surface area contributed by atoms with Crippen LogP contribution in [-0.4, -0.2) is 19.8 Å². The molecule has 2 heteroatoms. The van der Waals surface area contributed by atoms with Gasteiger partial charge >= 0.3 is 0 Å². The Bertz CT molecular complexity index is 269. The number of rotatable bonds is 1. The highest BCUT2D eigenvalue weighted by Crippen LogP contribution is 2.63. The molecule has 72 valence electrons. The molecule has 1 saturated heterocycles. The lowest BCUT2D eigenvalue weighted by Crippen LogP contribution is -2.16. The molecule has 0 unspecified atom stereocenters. The van der Waals surface area contributed by atoms with Crippen molar-refractivity contribution >= 4 is 0 Å². The quantitative estimate of drug-likeness (QED) is 0.615. The highest BCUT2D eigenvalue weighted by atomic mass is 16.5. The first-order valence-electron chi connectivity index (χ1n) is 5.24. The Morgan fingerprint density at radius 3 is 3.00 bits per heavy atom. The molecule has 3 aliphatic rings. The summed E-state index contributed by atoms with van der Waals surface area (Å²) in [5.74, 6) is 2.01. The average Bonchev–Trinajstić information content (AvgIpc) is 2.70. The van der Waals surface area contributed by atoms with Gasteiger partial charge in [0.15, 0.2) is 0 Å². The fourth-order valence-corrected chi connectivity index (χ4v) is 2.95. The smallest absolute Gasteiger partial charge is 0.0927 e. The summed E-state index contributed by atoms with van der Waals surface area (Å²) >= 11 is 0. The highest BCUT2D eigenvalue weighted by Gasteiger charge is 2.61. The van der Waals surface area contributed by atoms with Crippen LogP contribution in [0.5, 0.6) is 0 Å². The van der Waals surface area contributed by atoms with Crippen LogP contribution in [-0.2, 0) is 9.47 Å². The third-order valence-electron chi connectivity index (χ3n) is 3.83. The van der Waals surface area contributed by atoms with Crippen LogP contribution in [0.2, 0.25) is 0 Å². The van der Waals surface area contributed by atoms with Gasteiger partial charge in [-0.25, -0.2) is 0 Å². The molecular formula is C11H16O2. The third kappa shape index (κ3) is 0.983. The zero-order valence-corrected chi connectivity index (χ0v) is 8.14. The molecule has 0 bridgehead atoms. The molecule has 2 nitrogen and oxygen atoms in total. The Hall–Kier alpha value is -0.500. The van der Waals surface area contributed by atoms with Crippen molar-refractivity contribution in [3.05, 3.63) is 11.3 Å². The van der Waals surface area contributed by atoms with Gasteiger partial charge in [-0.15, -0.1) is 0 Å². The summed E-state index contributed by atoms with van der Waals surface area (Å²) in [6, 6.07) is 0. The lowest BCUT2D eigenvalue weighted by molar-refractivity contribution is 0.141. The molecule has 0 aromatic carbocycles. The second-order valence-corrected chi connectivity index (χ2v) is 4.56. The van der Waals surface area contributed by atoms with Gasteiger partial charge in [-0.1, -0.05) is 0 Å². The lowest BCUT2D eigenvalue weighted by Gasteiger charge is -2.24. The molecule has 0 aromatic rings. The van der Waals surface area contributed by atoms with Crippen LogP contribution in [0.3, 0.4) is 0 Å². The van der Waals surface area contributed by atoms with Gasteiger partial charge in [0.25, 0.3) is 0 Å². The van der Waals surface area contributed by atoms with Gasteiger partial charge in [-0.05, 0) is 37.7 Å². The van der Waals surface area contributed by atoms with E-state index in [1.165, 1.54) is 25.0 Å². The van der Waals surface area contributed by atoms with E-state index in [9.17, 15) is 0 Å². The highest BCUT2D eigenvalue weighted by molar-refractivity contribution is 5.30. The van der Waals surface area contributed by atoms with Crippen molar-refractivity contribution in [1.82, 2.24) is 0 Å². The van der Waals surface area contributed by atoms with Gasteiger partial charge in [0.1, 0.15) is 0 Å². The van der Waals surface area contributed by atoms with E-state index in [1.807, 2.05) is 0 Å². The topological polar surface area (TPSA) is 18.5 Å². The van der Waals surface area contributed by atoms with Gasteiger partial charge in [0.2, 0.25) is 0 Å². The second kappa shape index (κ2) is 2.50. The van der Waals surface area contributed by atoms with Crippen molar-refractivity contribution in [3.63, 3.8) is 0 Å². The van der Waals surface area contributed by atoms with Gasteiger partial charge in [-0.3, -0.25) is 0 Å². The van der Waals surface area contributed by atoms with Gasteiger partial charge < -0.3 is 9.47 Å². The first kappa shape index (κ1) is 7.86. The number of hydrogen-bond acceptors (Lipinski definition) is 2. The zero-order valence-electron chi connectivity index (χ0n) is 8.14. The number of ether oxygens (including phenoxy) is 2. The summed E-state index contributed by atoms with van der Waals surface area (Å²) in [7, 11) is 0. The van der Waals surface area contributed by atoms with Gasteiger partial charge in [-0.2, -0.15) is 0 Å². The van der Waals surface area contributed by atoms with Crippen molar-refractivity contribution in [1.29, 1.82) is 0 Å². The largest absolute Gasteiger partial charge is 0.498 e. The second-order valence-electron chi connectivity index (χ2n) is 4.56. The molecule has 13 heavy (non-hydrogen) atoms. The van der Waals surface area contributed by atoms with E-state index in [2.05, 4.69) is 6.92 Å². The molecular weight excluding hydrogens is 164 g/mol. The monoisotopic (exact) mass is 180 g/mol. The number of hydrogen-bond donors (Lipinski definition) is 0. The molecule has 2 heterocycles. The summed E-state index contributed by atoms with van der Waals surface area (Å²) in [4.78, 5) is 0. The van der Waals surface area contributed by atoms with E-state index >= 15 is 0 Å². The molecule has 0 spiro atoms. The zero-order chi connectivity index (χ0) is 8.89. The lowest BCUT2D eigenvalue weighted by atomic mass is 9.89. The van der Waals surface area contributed by atoms with Crippen LogP contribution >= 0.6 is 0 Å². The maximum Gasteiger partial charge on any atom is 0.0927 e. The molecule has 0 radical (unpaired) electrons. The van der Waals surface area contributed by atoms with E-state index < -0.39 is 0 Å². The van der Waals surface area contributed by atoms with Crippen LogP contribution in [0, 0.1) is 11.3 Å². The van der Waals surface area contributed by atoms with Gasteiger partial charge in [0.05, 0.1) is 25.6 Å². The minimum absolute atomic E-state index is 0.435. The Balaban J connectivity index is 1.91. The summed E-state index contributed by atoms with van der Waals surface area (Å²) < 4.78 is 11.1. The van der Waals surface area contributed by atoms with E-state index in [4.69, 9.17) is 9.47 Å². The van der Waals surface area contributed by atoms with Crippen LogP contribution in [0.1, 0.15) is 26.2 Å². The maximum absolute atomic E-state index is 5.62. The number of fused-ring (bicyclic) bond motifs is 1. The van der Waals surface area contributed by atoms with Crippen LogP contribution < -0.4 is 0 Å². The Kier molecular flexibility index (Phi) is 1.51. The molecule has 0 aromatic heterocycles. The fourth-order valence-electron chi connectivity index (χ4n) is 2.95. The van der Waals surface area contributed by atoms with E-state index in [0.717, 1.165) is 25.7 Å². The van der Waals surface area contributed by atoms with Crippen molar-refractivity contribution < 1.29 is 9.47 Å². The molecule has 2 atom stereocenters. The average molecular weight is 180 g/mol. The molecule has 0 N–H and O–H groups in total.